The van der Waals surface area contributed by atoms with Gasteiger partial charge in [-0.2, -0.15) is 0 Å². The number of ether oxygens (including phenoxy) is 1. The van der Waals surface area contributed by atoms with Crippen molar-refractivity contribution in [2.45, 2.75) is 26.7 Å². The van der Waals surface area contributed by atoms with Crippen LogP contribution in [0.25, 0.3) is 0 Å². The minimum absolute atomic E-state index is 0.271. The summed E-state index contributed by atoms with van der Waals surface area (Å²) in [5.74, 6) is 1.78. The molecule has 0 fully saturated rings. The highest BCUT2D eigenvalue weighted by molar-refractivity contribution is 5.41. The highest BCUT2D eigenvalue weighted by Crippen LogP contribution is 2.25. The van der Waals surface area contributed by atoms with Gasteiger partial charge in [0.2, 0.25) is 0 Å². The second kappa shape index (κ2) is 8.81. The summed E-state index contributed by atoms with van der Waals surface area (Å²) < 4.78 is 5.75. The first-order chi connectivity index (χ1) is 9.79. The van der Waals surface area contributed by atoms with Crippen molar-refractivity contribution < 1.29 is 9.84 Å². The molecule has 1 aromatic carbocycles. The molecule has 2 nitrogen and oxygen atoms in total. The first-order valence-corrected chi connectivity index (χ1v) is 6.93. The molecule has 0 aromatic heterocycles. The molecule has 0 unspecified atom stereocenters. The molecule has 0 saturated carbocycles. The summed E-state index contributed by atoms with van der Waals surface area (Å²) in [6.07, 6.45) is 13.2. The van der Waals surface area contributed by atoms with Crippen molar-refractivity contribution in [2.75, 3.05) is 0 Å². The highest BCUT2D eigenvalue weighted by atomic mass is 16.5. The van der Waals surface area contributed by atoms with E-state index in [9.17, 15) is 5.11 Å². The molecule has 20 heavy (non-hydrogen) atoms. The van der Waals surface area contributed by atoms with Gasteiger partial charge in [0.25, 0.3) is 0 Å². The number of hydrogen-bond donors (Lipinski definition) is 1. The van der Waals surface area contributed by atoms with Crippen molar-refractivity contribution in [1.29, 1.82) is 0 Å². The quantitative estimate of drug-likeness (QED) is 0.786. The maximum Gasteiger partial charge on any atom is 0.127 e. The fraction of sp³-hybridized carbons (Fsp3) is 0.222. The zero-order valence-corrected chi connectivity index (χ0v) is 12.2. The molecule has 0 saturated heterocycles. The van der Waals surface area contributed by atoms with Gasteiger partial charge in [0.05, 0.1) is 0 Å². The van der Waals surface area contributed by atoms with Crippen LogP contribution in [0.5, 0.6) is 11.5 Å². The summed E-state index contributed by atoms with van der Waals surface area (Å²) in [4.78, 5) is 0. The minimum Gasteiger partial charge on any atom is -0.508 e. The van der Waals surface area contributed by atoms with Crippen LogP contribution in [0.3, 0.4) is 0 Å². The Labute approximate surface area is 121 Å². The topological polar surface area (TPSA) is 29.5 Å². The van der Waals surface area contributed by atoms with Gasteiger partial charge in [-0.15, -0.1) is 6.58 Å². The highest BCUT2D eigenvalue weighted by Gasteiger charge is 2.04. The molecule has 1 aromatic rings. The molecule has 106 valence electrons. The Balaban J connectivity index is 0.000000956. The average Bonchev–Trinajstić information content (AvgIpc) is 2.74. The smallest absolute Gasteiger partial charge is 0.127 e. The third kappa shape index (κ3) is 4.81. The molecular weight excluding hydrogens is 248 g/mol. The third-order valence-corrected chi connectivity index (χ3v) is 2.60. The lowest BCUT2D eigenvalue weighted by atomic mass is 10.1. The fourth-order valence-corrected chi connectivity index (χ4v) is 1.71. The van der Waals surface area contributed by atoms with Crippen LogP contribution in [0.2, 0.25) is 0 Å². The SMILES string of the molecule is C=CCc1cc(OC2=CC=CCC=C2)ccc1O.CC. The van der Waals surface area contributed by atoms with Crippen LogP contribution in [0.1, 0.15) is 25.8 Å². The minimum atomic E-state index is 0.271. The molecule has 1 aliphatic carbocycles. The first-order valence-electron chi connectivity index (χ1n) is 6.93. The standard InChI is InChI=1S/C16H16O2.C2H6/c1-2-7-13-12-15(10-11-16(13)17)18-14-8-5-3-4-6-9-14;1-2/h2-3,5-6,8-12,17H,1,4,7H2;1-2H3. The molecule has 0 bridgehead atoms. The van der Waals surface area contributed by atoms with Gasteiger partial charge in [0.15, 0.2) is 0 Å². The van der Waals surface area contributed by atoms with E-state index in [1.54, 1.807) is 18.2 Å². The van der Waals surface area contributed by atoms with Crippen molar-refractivity contribution in [2.24, 2.45) is 0 Å². The number of hydrogen-bond acceptors (Lipinski definition) is 2. The van der Waals surface area contributed by atoms with Crippen molar-refractivity contribution in [3.63, 3.8) is 0 Å². The number of aromatic hydroxyl groups is 1. The summed E-state index contributed by atoms with van der Waals surface area (Å²) in [6.45, 7) is 7.67. The Kier molecular flexibility index (Phi) is 6.97. The van der Waals surface area contributed by atoms with Crippen molar-refractivity contribution >= 4 is 0 Å². The molecule has 2 heteroatoms. The normalized spacial score (nSPS) is 12.8. The van der Waals surface area contributed by atoms with E-state index in [4.69, 9.17) is 4.74 Å². The van der Waals surface area contributed by atoms with Gasteiger partial charge in [-0.25, -0.2) is 0 Å². The van der Waals surface area contributed by atoms with Crippen LogP contribution in [0.15, 0.2) is 67.0 Å². The van der Waals surface area contributed by atoms with Gasteiger partial charge >= 0.3 is 0 Å². The predicted octanol–water partition coefficient (Wildman–Crippen LogP) is 4.93. The monoisotopic (exact) mass is 270 g/mol. The van der Waals surface area contributed by atoms with E-state index < -0.39 is 0 Å². The molecular formula is C18H22O2. The molecule has 0 radical (unpaired) electrons. The van der Waals surface area contributed by atoms with Crippen LogP contribution in [-0.4, -0.2) is 5.11 Å². The summed E-state index contributed by atoms with van der Waals surface area (Å²) in [7, 11) is 0. The first kappa shape index (κ1) is 15.8. The van der Waals surface area contributed by atoms with Crippen LogP contribution < -0.4 is 4.74 Å². The number of phenols is 1. The zero-order chi connectivity index (χ0) is 14.8. The van der Waals surface area contributed by atoms with Crippen molar-refractivity contribution in [3.8, 4) is 11.5 Å². The molecule has 1 N–H and O–H groups in total. The second-order valence-electron chi connectivity index (χ2n) is 4.02. The maximum absolute atomic E-state index is 9.67. The summed E-state index contributed by atoms with van der Waals surface area (Å²) in [6, 6.07) is 5.23. The molecule has 0 aliphatic heterocycles. The lowest BCUT2D eigenvalue weighted by molar-refractivity contribution is 0.437. The van der Waals surface area contributed by atoms with Crippen LogP contribution in [0, 0.1) is 0 Å². The lowest BCUT2D eigenvalue weighted by Gasteiger charge is -2.08. The lowest BCUT2D eigenvalue weighted by Crippen LogP contribution is -1.93. The molecule has 0 amide bonds. The molecule has 2 rings (SSSR count). The summed E-state index contributed by atoms with van der Waals surface area (Å²) in [5.41, 5.74) is 0.816. The van der Waals surface area contributed by atoms with Gasteiger partial charge in [-0.3, -0.25) is 0 Å². The molecule has 0 spiro atoms. The average molecular weight is 270 g/mol. The third-order valence-electron chi connectivity index (χ3n) is 2.60. The van der Waals surface area contributed by atoms with Crippen molar-refractivity contribution in [3.05, 3.63) is 72.6 Å². The van der Waals surface area contributed by atoms with Crippen molar-refractivity contribution in [1.82, 2.24) is 0 Å². The van der Waals surface area contributed by atoms with E-state index in [1.165, 1.54) is 0 Å². The predicted molar refractivity (Wildman–Crippen MR) is 85.0 cm³/mol. The van der Waals surface area contributed by atoms with E-state index in [0.717, 1.165) is 23.5 Å². The van der Waals surface area contributed by atoms with Crippen LogP contribution in [-0.2, 0) is 6.42 Å². The van der Waals surface area contributed by atoms with Gasteiger partial charge in [-0.05, 0) is 43.2 Å². The molecule has 0 heterocycles. The van der Waals surface area contributed by atoms with Gasteiger partial charge < -0.3 is 9.84 Å². The maximum atomic E-state index is 9.67. The number of rotatable bonds is 4. The molecule has 0 atom stereocenters. The number of benzene rings is 1. The second-order valence-corrected chi connectivity index (χ2v) is 4.02. The summed E-state index contributed by atoms with van der Waals surface area (Å²) in [5, 5.41) is 9.67. The van der Waals surface area contributed by atoms with E-state index in [2.05, 4.69) is 12.7 Å². The summed E-state index contributed by atoms with van der Waals surface area (Å²) >= 11 is 0. The van der Waals surface area contributed by atoms with Gasteiger partial charge in [0, 0.05) is 5.56 Å². The Hall–Kier alpha value is -2.22. The van der Waals surface area contributed by atoms with Gasteiger partial charge in [-0.1, -0.05) is 38.2 Å². The van der Waals surface area contributed by atoms with Crippen LogP contribution in [0.4, 0.5) is 0 Å². The Bertz CT molecular complexity index is 522. The fourth-order valence-electron chi connectivity index (χ4n) is 1.71. The molecule has 1 aliphatic rings. The van der Waals surface area contributed by atoms with Gasteiger partial charge in [0.1, 0.15) is 17.3 Å². The number of allylic oxidation sites excluding steroid dienone is 6. The Morgan fingerprint density at radius 1 is 1.30 bits per heavy atom. The Morgan fingerprint density at radius 2 is 2.10 bits per heavy atom. The van der Waals surface area contributed by atoms with E-state index in [0.29, 0.717) is 6.42 Å². The largest absolute Gasteiger partial charge is 0.508 e. The van der Waals surface area contributed by atoms with Crippen LogP contribution >= 0.6 is 0 Å². The number of phenolic OH excluding ortho intramolecular Hbond substituents is 1. The zero-order valence-electron chi connectivity index (χ0n) is 12.2. The van der Waals surface area contributed by atoms with E-state index in [-0.39, 0.29) is 5.75 Å². The Morgan fingerprint density at radius 3 is 2.85 bits per heavy atom. The van der Waals surface area contributed by atoms with E-state index >= 15 is 0 Å². The van der Waals surface area contributed by atoms with E-state index in [1.807, 2.05) is 44.2 Å².